The van der Waals surface area contributed by atoms with E-state index < -0.39 is 47.7 Å². The number of ether oxygens (including phenoxy) is 5. The molecule has 1 aromatic rings. The number of amides is 1. The van der Waals surface area contributed by atoms with Crippen LogP contribution in [0, 0.1) is 10.1 Å². The summed E-state index contributed by atoms with van der Waals surface area (Å²) in [6.07, 6.45) is 0.579. The smallest absolute Gasteiger partial charge is 0.421 e. The standard InChI is InChI=1S/C29H39N3O11/c1-18(2)43-28(35)25-20(4)31(29(36)42-17-41-23(33)12-7-6-8-13-30)19(3)24(27(34)40-15-14-39-5)26(25)21-10-9-11-22(16-21)32(37)38/h9-11,16,18,26H,6-8,12-15,17,30H2,1-5H3. The number of rotatable bonds is 15. The lowest BCUT2D eigenvalue weighted by atomic mass is 9.79. The Morgan fingerprint density at radius 1 is 0.977 bits per heavy atom. The van der Waals surface area contributed by atoms with Gasteiger partial charge >= 0.3 is 24.0 Å². The lowest BCUT2D eigenvalue weighted by Gasteiger charge is -2.36. The number of hydrogen-bond acceptors (Lipinski definition) is 12. The predicted molar refractivity (Wildman–Crippen MR) is 152 cm³/mol. The number of nitro groups is 1. The topological polar surface area (TPSA) is 187 Å². The van der Waals surface area contributed by atoms with Gasteiger partial charge in [-0.3, -0.25) is 19.8 Å². The molecule has 0 spiro atoms. The average Bonchev–Trinajstić information content (AvgIpc) is 2.94. The number of hydrogen-bond donors (Lipinski definition) is 1. The Labute approximate surface area is 249 Å². The molecule has 0 radical (unpaired) electrons. The second kappa shape index (κ2) is 17.0. The molecule has 1 aliphatic heterocycles. The van der Waals surface area contributed by atoms with Crippen molar-refractivity contribution in [2.24, 2.45) is 5.73 Å². The van der Waals surface area contributed by atoms with Crippen molar-refractivity contribution in [1.29, 1.82) is 0 Å². The highest BCUT2D eigenvalue weighted by atomic mass is 16.7. The number of nitro benzene ring substituents is 1. The first kappa shape index (κ1) is 34.9. The van der Waals surface area contributed by atoms with Gasteiger partial charge < -0.3 is 29.4 Å². The molecule has 1 aliphatic rings. The average molecular weight is 606 g/mol. The minimum Gasteiger partial charge on any atom is -0.460 e. The summed E-state index contributed by atoms with van der Waals surface area (Å²) in [4.78, 5) is 64.3. The van der Waals surface area contributed by atoms with Crippen molar-refractivity contribution in [1.82, 2.24) is 4.90 Å². The molecular formula is C29H39N3O11. The summed E-state index contributed by atoms with van der Waals surface area (Å²) in [6.45, 7) is 5.86. The molecule has 1 unspecified atom stereocenters. The van der Waals surface area contributed by atoms with E-state index in [2.05, 4.69) is 0 Å². The Morgan fingerprint density at radius 2 is 1.65 bits per heavy atom. The van der Waals surface area contributed by atoms with Crippen LogP contribution in [-0.4, -0.2) is 73.6 Å². The number of benzene rings is 1. The third-order valence-corrected chi connectivity index (χ3v) is 6.42. The molecule has 2 rings (SSSR count). The van der Waals surface area contributed by atoms with Gasteiger partial charge in [0.05, 0.1) is 34.7 Å². The van der Waals surface area contributed by atoms with Gasteiger partial charge in [-0.1, -0.05) is 18.6 Å². The first-order chi connectivity index (χ1) is 20.4. The maximum Gasteiger partial charge on any atom is 0.421 e. The molecule has 236 valence electrons. The van der Waals surface area contributed by atoms with Crippen molar-refractivity contribution >= 4 is 29.7 Å². The maximum absolute atomic E-state index is 13.5. The van der Waals surface area contributed by atoms with E-state index in [0.717, 1.165) is 17.7 Å². The fourth-order valence-corrected chi connectivity index (χ4v) is 4.46. The molecule has 0 fully saturated rings. The van der Waals surface area contributed by atoms with E-state index in [1.54, 1.807) is 13.8 Å². The van der Waals surface area contributed by atoms with Crippen LogP contribution < -0.4 is 5.73 Å². The van der Waals surface area contributed by atoms with Crippen LogP contribution in [0.5, 0.6) is 0 Å². The quantitative estimate of drug-likeness (QED) is 0.0761. The number of methoxy groups -OCH3 is 1. The number of carbonyl (C=O) groups is 4. The molecule has 14 nitrogen and oxygen atoms in total. The lowest BCUT2D eigenvalue weighted by molar-refractivity contribution is -0.384. The minimum absolute atomic E-state index is 0.0376. The number of unbranched alkanes of at least 4 members (excludes halogenated alkanes) is 2. The molecular weight excluding hydrogens is 566 g/mol. The normalized spacial score (nSPS) is 15.0. The van der Waals surface area contributed by atoms with Crippen molar-refractivity contribution in [3.05, 3.63) is 62.5 Å². The van der Waals surface area contributed by atoms with Crippen LogP contribution in [0.2, 0.25) is 0 Å². The zero-order valence-electron chi connectivity index (χ0n) is 25.1. The van der Waals surface area contributed by atoms with E-state index in [1.807, 2.05) is 0 Å². The Balaban J connectivity index is 2.56. The van der Waals surface area contributed by atoms with Crippen molar-refractivity contribution in [3.8, 4) is 0 Å². The van der Waals surface area contributed by atoms with Crippen LogP contribution in [0.25, 0.3) is 0 Å². The van der Waals surface area contributed by atoms with E-state index in [9.17, 15) is 29.3 Å². The zero-order chi connectivity index (χ0) is 32.1. The largest absolute Gasteiger partial charge is 0.460 e. The molecule has 2 N–H and O–H groups in total. The Bertz CT molecular complexity index is 1260. The van der Waals surface area contributed by atoms with Gasteiger partial charge in [0.15, 0.2) is 0 Å². The first-order valence-corrected chi connectivity index (χ1v) is 13.8. The molecule has 1 heterocycles. The van der Waals surface area contributed by atoms with Crippen molar-refractivity contribution in [2.45, 2.75) is 65.4 Å². The highest BCUT2D eigenvalue weighted by Gasteiger charge is 2.43. The van der Waals surface area contributed by atoms with Gasteiger partial charge in [0.25, 0.3) is 5.69 Å². The third kappa shape index (κ3) is 9.61. The third-order valence-electron chi connectivity index (χ3n) is 6.42. The van der Waals surface area contributed by atoms with Gasteiger partial charge in [-0.2, -0.15) is 0 Å². The molecule has 14 heteroatoms. The number of non-ortho nitro benzene ring substituents is 1. The summed E-state index contributed by atoms with van der Waals surface area (Å²) in [6, 6.07) is 5.44. The van der Waals surface area contributed by atoms with Gasteiger partial charge in [0.1, 0.15) is 6.61 Å². The van der Waals surface area contributed by atoms with E-state index in [1.165, 1.54) is 45.2 Å². The van der Waals surface area contributed by atoms with Crippen molar-refractivity contribution in [2.75, 3.05) is 33.7 Å². The fraction of sp³-hybridized carbons (Fsp3) is 0.517. The van der Waals surface area contributed by atoms with Crippen LogP contribution in [0.1, 0.15) is 64.9 Å². The molecule has 0 bridgehead atoms. The number of nitrogens with two attached hydrogens (primary N) is 1. The van der Waals surface area contributed by atoms with Gasteiger partial charge in [0.2, 0.25) is 6.79 Å². The number of carbonyl (C=O) groups excluding carboxylic acids is 4. The lowest BCUT2D eigenvalue weighted by Crippen LogP contribution is -2.39. The van der Waals surface area contributed by atoms with Crippen LogP contribution in [0.3, 0.4) is 0 Å². The highest BCUT2D eigenvalue weighted by Crippen LogP contribution is 2.44. The van der Waals surface area contributed by atoms with Crippen LogP contribution in [0.4, 0.5) is 10.5 Å². The van der Waals surface area contributed by atoms with E-state index in [0.29, 0.717) is 13.0 Å². The van der Waals surface area contributed by atoms with E-state index in [-0.39, 0.29) is 53.4 Å². The molecule has 43 heavy (non-hydrogen) atoms. The van der Waals surface area contributed by atoms with Crippen molar-refractivity contribution < 1.29 is 47.8 Å². The molecule has 1 aromatic carbocycles. The van der Waals surface area contributed by atoms with Crippen LogP contribution in [0.15, 0.2) is 46.8 Å². The molecule has 1 atom stereocenters. The van der Waals surface area contributed by atoms with E-state index in [4.69, 9.17) is 29.4 Å². The zero-order valence-corrected chi connectivity index (χ0v) is 25.1. The van der Waals surface area contributed by atoms with Crippen LogP contribution in [-0.2, 0) is 38.1 Å². The summed E-state index contributed by atoms with van der Waals surface area (Å²) in [7, 11) is 1.42. The van der Waals surface area contributed by atoms with Gasteiger partial charge in [0, 0.05) is 37.1 Å². The maximum atomic E-state index is 13.5. The minimum atomic E-state index is -1.20. The number of allylic oxidation sites excluding steroid dienone is 2. The van der Waals surface area contributed by atoms with Gasteiger partial charge in [-0.05, 0) is 52.6 Å². The fourth-order valence-electron chi connectivity index (χ4n) is 4.46. The predicted octanol–water partition coefficient (Wildman–Crippen LogP) is 3.84. The van der Waals surface area contributed by atoms with Crippen LogP contribution >= 0.6 is 0 Å². The van der Waals surface area contributed by atoms with Gasteiger partial charge in [-0.15, -0.1) is 0 Å². The van der Waals surface area contributed by atoms with Crippen molar-refractivity contribution in [3.63, 3.8) is 0 Å². The summed E-state index contributed by atoms with van der Waals surface area (Å²) in [5.41, 5.74) is 5.20. The monoisotopic (exact) mass is 605 g/mol. The first-order valence-electron chi connectivity index (χ1n) is 13.8. The molecule has 0 saturated heterocycles. The molecule has 0 aliphatic carbocycles. The van der Waals surface area contributed by atoms with E-state index >= 15 is 0 Å². The Kier molecular flexibility index (Phi) is 13.8. The Morgan fingerprint density at radius 3 is 2.26 bits per heavy atom. The Hall–Kier alpha value is -4.30. The summed E-state index contributed by atoms with van der Waals surface area (Å²) in [5.74, 6) is -3.52. The molecule has 0 aromatic heterocycles. The van der Waals surface area contributed by atoms with Gasteiger partial charge in [-0.25, -0.2) is 14.4 Å². The SMILES string of the molecule is COCCOC(=O)C1=C(C)N(C(=O)OCOC(=O)CCCCCN)C(C)=C(C(=O)OC(C)C)C1c1cccc([N+](=O)[O-])c1. The summed E-state index contributed by atoms with van der Waals surface area (Å²) in [5, 5.41) is 11.6. The summed E-state index contributed by atoms with van der Waals surface area (Å²) < 4.78 is 26.0. The number of esters is 3. The number of nitrogens with zero attached hydrogens (tertiary/aromatic N) is 2. The second-order valence-corrected chi connectivity index (χ2v) is 9.85. The molecule has 1 amide bonds. The second-order valence-electron chi connectivity index (χ2n) is 9.85. The highest BCUT2D eigenvalue weighted by molar-refractivity contribution is 6.01. The molecule has 0 saturated carbocycles. The summed E-state index contributed by atoms with van der Waals surface area (Å²) >= 11 is 0.